The third-order valence-electron chi connectivity index (χ3n) is 3.58. The van der Waals surface area contributed by atoms with Crippen molar-refractivity contribution >= 4 is 22.5 Å². The van der Waals surface area contributed by atoms with E-state index >= 15 is 0 Å². The lowest BCUT2D eigenvalue weighted by Gasteiger charge is -2.21. The maximum absolute atomic E-state index is 12.5. The van der Waals surface area contributed by atoms with Crippen LogP contribution in [0, 0.1) is 0 Å². The molecule has 1 aliphatic rings. The zero-order valence-corrected chi connectivity index (χ0v) is 11.1. The van der Waals surface area contributed by atoms with E-state index in [2.05, 4.69) is 4.98 Å². The van der Waals surface area contributed by atoms with Gasteiger partial charge in [0.25, 0.3) is 5.91 Å². The van der Waals surface area contributed by atoms with E-state index in [1.165, 1.54) is 0 Å². The predicted molar refractivity (Wildman–Crippen MR) is 77.3 cm³/mol. The molecule has 5 heteroatoms. The summed E-state index contributed by atoms with van der Waals surface area (Å²) in [6.07, 6.45) is 1.99. The lowest BCUT2D eigenvalue weighted by molar-refractivity contribution is 0.0702. The van der Waals surface area contributed by atoms with E-state index in [0.29, 0.717) is 18.1 Å². The van der Waals surface area contributed by atoms with E-state index in [1.54, 1.807) is 11.0 Å². The molecule has 1 heterocycles. The fraction of sp³-hybridized carbons (Fsp3) is 0.333. The summed E-state index contributed by atoms with van der Waals surface area (Å²) < 4.78 is 0. The van der Waals surface area contributed by atoms with Gasteiger partial charge in [-0.15, -0.1) is 0 Å². The molecule has 1 saturated carbocycles. The number of aliphatic hydroxyl groups is 1. The van der Waals surface area contributed by atoms with E-state index in [4.69, 9.17) is 10.8 Å². The molecule has 1 aromatic carbocycles. The molecule has 1 aliphatic carbocycles. The summed E-state index contributed by atoms with van der Waals surface area (Å²) in [5, 5.41) is 10.9. The van der Waals surface area contributed by atoms with Crippen LogP contribution in [0.2, 0.25) is 0 Å². The zero-order chi connectivity index (χ0) is 14.1. The molecule has 104 valence electrons. The Balaban J connectivity index is 1.98. The molecule has 1 fully saturated rings. The van der Waals surface area contributed by atoms with Crippen LogP contribution in [-0.2, 0) is 0 Å². The molecule has 0 atom stereocenters. The molecule has 0 bridgehead atoms. The standard InChI is InChI=1S/C15H17N3O2/c16-14-12-4-2-1-3-10(12)9-13(17-14)15(20)18(7-8-19)11-5-6-11/h1-4,9,11,19H,5-8H2,(H2,16,17). The number of carbonyl (C=O) groups is 1. The quantitative estimate of drug-likeness (QED) is 0.881. The summed E-state index contributed by atoms with van der Waals surface area (Å²) >= 11 is 0. The van der Waals surface area contributed by atoms with Gasteiger partial charge in [0.15, 0.2) is 0 Å². The molecule has 3 rings (SSSR count). The van der Waals surface area contributed by atoms with Crippen LogP contribution in [-0.4, -0.2) is 40.1 Å². The van der Waals surface area contributed by atoms with Gasteiger partial charge in [-0.05, 0) is 24.3 Å². The predicted octanol–water partition coefficient (Wildman–Crippen LogP) is 1.41. The molecule has 0 spiro atoms. The monoisotopic (exact) mass is 271 g/mol. The van der Waals surface area contributed by atoms with Gasteiger partial charge in [-0.25, -0.2) is 4.98 Å². The van der Waals surface area contributed by atoms with Gasteiger partial charge in [0.1, 0.15) is 11.5 Å². The van der Waals surface area contributed by atoms with E-state index in [1.807, 2.05) is 24.3 Å². The first-order valence-electron chi connectivity index (χ1n) is 6.78. The van der Waals surface area contributed by atoms with E-state index < -0.39 is 0 Å². The average molecular weight is 271 g/mol. The summed E-state index contributed by atoms with van der Waals surface area (Å²) in [6, 6.07) is 9.60. The summed E-state index contributed by atoms with van der Waals surface area (Å²) in [5.41, 5.74) is 6.28. The lowest BCUT2D eigenvalue weighted by Crippen LogP contribution is -2.36. The summed E-state index contributed by atoms with van der Waals surface area (Å²) in [6.45, 7) is 0.309. The molecule has 20 heavy (non-hydrogen) atoms. The van der Waals surface area contributed by atoms with Gasteiger partial charge in [-0.2, -0.15) is 0 Å². The van der Waals surface area contributed by atoms with Crippen molar-refractivity contribution in [3.05, 3.63) is 36.0 Å². The number of nitrogen functional groups attached to an aromatic ring is 1. The van der Waals surface area contributed by atoms with Crippen LogP contribution in [0.25, 0.3) is 10.8 Å². The van der Waals surface area contributed by atoms with Crippen molar-refractivity contribution in [2.45, 2.75) is 18.9 Å². The van der Waals surface area contributed by atoms with Crippen LogP contribution in [0.4, 0.5) is 5.82 Å². The second-order valence-corrected chi connectivity index (χ2v) is 5.07. The third kappa shape index (κ3) is 2.32. The largest absolute Gasteiger partial charge is 0.395 e. The Kier molecular flexibility index (Phi) is 3.28. The van der Waals surface area contributed by atoms with Gasteiger partial charge in [0.05, 0.1) is 6.61 Å². The molecule has 2 aromatic rings. The Morgan fingerprint density at radius 2 is 2.15 bits per heavy atom. The fourth-order valence-corrected chi connectivity index (χ4v) is 2.43. The Bertz CT molecular complexity index is 653. The second-order valence-electron chi connectivity index (χ2n) is 5.07. The maximum Gasteiger partial charge on any atom is 0.272 e. The van der Waals surface area contributed by atoms with Crippen LogP contribution in [0.1, 0.15) is 23.3 Å². The first kappa shape index (κ1) is 12.9. The van der Waals surface area contributed by atoms with Gasteiger partial charge in [-0.3, -0.25) is 4.79 Å². The Labute approximate surface area is 117 Å². The molecular weight excluding hydrogens is 254 g/mol. The van der Waals surface area contributed by atoms with E-state index in [-0.39, 0.29) is 18.6 Å². The van der Waals surface area contributed by atoms with Gasteiger partial charge in [-0.1, -0.05) is 24.3 Å². The number of pyridine rings is 1. The van der Waals surface area contributed by atoms with Gasteiger partial charge < -0.3 is 15.7 Å². The molecular formula is C15H17N3O2. The SMILES string of the molecule is Nc1nc(C(=O)N(CCO)C2CC2)cc2ccccc12. The van der Waals surface area contributed by atoms with Crippen LogP contribution < -0.4 is 5.73 Å². The molecule has 3 N–H and O–H groups in total. The minimum Gasteiger partial charge on any atom is -0.395 e. The Morgan fingerprint density at radius 1 is 1.40 bits per heavy atom. The molecule has 5 nitrogen and oxygen atoms in total. The number of amides is 1. The summed E-state index contributed by atoms with van der Waals surface area (Å²) in [5.74, 6) is 0.213. The second kappa shape index (κ2) is 5.09. The number of aromatic nitrogens is 1. The van der Waals surface area contributed by atoms with Gasteiger partial charge in [0.2, 0.25) is 0 Å². The van der Waals surface area contributed by atoms with Crippen molar-refractivity contribution in [1.82, 2.24) is 9.88 Å². The molecule has 0 saturated heterocycles. The maximum atomic E-state index is 12.5. The highest BCUT2D eigenvalue weighted by Crippen LogP contribution is 2.28. The highest BCUT2D eigenvalue weighted by molar-refractivity contribution is 6.00. The Morgan fingerprint density at radius 3 is 2.85 bits per heavy atom. The minimum atomic E-state index is -0.154. The number of hydrogen-bond acceptors (Lipinski definition) is 4. The van der Waals surface area contributed by atoms with E-state index in [9.17, 15) is 4.79 Å². The van der Waals surface area contributed by atoms with Crippen LogP contribution in [0.3, 0.4) is 0 Å². The number of nitrogens with two attached hydrogens (primary N) is 1. The molecule has 0 radical (unpaired) electrons. The number of nitrogens with zero attached hydrogens (tertiary/aromatic N) is 2. The third-order valence-corrected chi connectivity index (χ3v) is 3.58. The molecule has 0 unspecified atom stereocenters. The van der Waals surface area contributed by atoms with Crippen molar-refractivity contribution < 1.29 is 9.90 Å². The minimum absolute atomic E-state index is 0.0364. The number of anilines is 1. The summed E-state index contributed by atoms with van der Waals surface area (Å²) in [7, 11) is 0. The van der Waals surface area contributed by atoms with Gasteiger partial charge in [0, 0.05) is 18.0 Å². The van der Waals surface area contributed by atoms with E-state index in [0.717, 1.165) is 23.6 Å². The number of rotatable bonds is 4. The van der Waals surface area contributed by atoms with Crippen molar-refractivity contribution in [3.63, 3.8) is 0 Å². The number of carbonyl (C=O) groups excluding carboxylic acids is 1. The van der Waals surface area contributed by atoms with Crippen LogP contribution in [0.15, 0.2) is 30.3 Å². The first-order valence-corrected chi connectivity index (χ1v) is 6.78. The van der Waals surface area contributed by atoms with Crippen molar-refractivity contribution in [2.24, 2.45) is 0 Å². The van der Waals surface area contributed by atoms with Crippen LogP contribution in [0.5, 0.6) is 0 Å². The average Bonchev–Trinajstić information content (AvgIpc) is 3.28. The first-order chi connectivity index (χ1) is 9.70. The molecule has 1 amide bonds. The van der Waals surface area contributed by atoms with Crippen molar-refractivity contribution in [2.75, 3.05) is 18.9 Å². The van der Waals surface area contributed by atoms with Gasteiger partial charge >= 0.3 is 0 Å². The highest BCUT2D eigenvalue weighted by atomic mass is 16.3. The summed E-state index contributed by atoms with van der Waals surface area (Å²) in [4.78, 5) is 18.4. The normalized spacial score (nSPS) is 14.4. The Hall–Kier alpha value is -2.14. The zero-order valence-electron chi connectivity index (χ0n) is 11.1. The number of benzene rings is 1. The highest BCUT2D eigenvalue weighted by Gasteiger charge is 2.33. The van der Waals surface area contributed by atoms with Crippen molar-refractivity contribution in [1.29, 1.82) is 0 Å². The van der Waals surface area contributed by atoms with Crippen molar-refractivity contribution in [3.8, 4) is 0 Å². The molecule has 1 aromatic heterocycles. The number of hydrogen-bond donors (Lipinski definition) is 2. The lowest BCUT2D eigenvalue weighted by atomic mass is 10.1. The number of fused-ring (bicyclic) bond motifs is 1. The fourth-order valence-electron chi connectivity index (χ4n) is 2.43. The number of aliphatic hydroxyl groups excluding tert-OH is 1. The topological polar surface area (TPSA) is 79.5 Å². The molecule has 0 aliphatic heterocycles. The van der Waals surface area contributed by atoms with Crippen LogP contribution >= 0.6 is 0 Å². The smallest absolute Gasteiger partial charge is 0.272 e.